The van der Waals surface area contributed by atoms with Crippen LogP contribution in [0.25, 0.3) is 0 Å². The van der Waals surface area contributed by atoms with E-state index in [2.05, 4.69) is 29.1 Å². The van der Waals surface area contributed by atoms with Crippen molar-refractivity contribution in [1.82, 2.24) is 9.97 Å². The monoisotopic (exact) mass is 223 g/mol. The predicted molar refractivity (Wildman–Crippen MR) is 64.2 cm³/mol. The first-order valence-corrected chi connectivity index (χ1v) is 6.44. The summed E-state index contributed by atoms with van der Waals surface area (Å²) < 4.78 is 0. The van der Waals surface area contributed by atoms with E-state index in [9.17, 15) is 0 Å². The highest BCUT2D eigenvalue weighted by atomic mass is 32.2. The van der Waals surface area contributed by atoms with Crippen LogP contribution in [0.1, 0.15) is 20.3 Å². The number of anilines is 1. The molecule has 82 valence electrons. The maximum absolute atomic E-state index is 4.20. The van der Waals surface area contributed by atoms with Crippen molar-refractivity contribution in [3.05, 3.63) is 12.4 Å². The average molecular weight is 223 g/mol. The number of rotatable bonds is 4. The average Bonchev–Trinajstić information content (AvgIpc) is 2.84. The fraction of sp³-hybridized carbons (Fsp3) is 0.636. The Balaban J connectivity index is 1.88. The fourth-order valence-corrected chi connectivity index (χ4v) is 2.08. The van der Waals surface area contributed by atoms with Crippen LogP contribution >= 0.6 is 11.8 Å². The lowest BCUT2D eigenvalue weighted by Gasteiger charge is -2.07. The minimum atomic E-state index is 0.530. The minimum absolute atomic E-state index is 0.530. The van der Waals surface area contributed by atoms with Gasteiger partial charge < -0.3 is 5.32 Å². The molecule has 15 heavy (non-hydrogen) atoms. The lowest BCUT2D eigenvalue weighted by atomic mass is 10.1. The highest BCUT2D eigenvalue weighted by Crippen LogP contribution is 2.51. The van der Waals surface area contributed by atoms with Gasteiger partial charge in [-0.15, -0.1) is 11.8 Å². The van der Waals surface area contributed by atoms with Crippen molar-refractivity contribution in [2.24, 2.45) is 11.3 Å². The molecule has 1 N–H and O–H groups in total. The Hall–Kier alpha value is -0.770. The molecule has 2 rings (SSSR count). The van der Waals surface area contributed by atoms with Crippen LogP contribution in [0.15, 0.2) is 17.4 Å². The third kappa shape index (κ3) is 2.62. The Morgan fingerprint density at radius 2 is 2.27 bits per heavy atom. The summed E-state index contributed by atoms with van der Waals surface area (Å²) in [4.78, 5) is 8.34. The smallest absolute Gasteiger partial charge is 0.130 e. The molecule has 1 aliphatic carbocycles. The van der Waals surface area contributed by atoms with E-state index in [0.29, 0.717) is 5.41 Å². The third-order valence-corrected chi connectivity index (χ3v) is 3.74. The van der Waals surface area contributed by atoms with Gasteiger partial charge in [0.25, 0.3) is 0 Å². The summed E-state index contributed by atoms with van der Waals surface area (Å²) in [7, 11) is 0. The van der Waals surface area contributed by atoms with E-state index in [-0.39, 0.29) is 0 Å². The van der Waals surface area contributed by atoms with Gasteiger partial charge in [0.2, 0.25) is 0 Å². The van der Waals surface area contributed by atoms with Crippen LogP contribution in [0.4, 0.5) is 5.82 Å². The molecule has 1 unspecified atom stereocenters. The molecule has 0 aliphatic heterocycles. The molecule has 0 bridgehead atoms. The van der Waals surface area contributed by atoms with E-state index in [1.54, 1.807) is 18.1 Å². The predicted octanol–water partition coefficient (Wildman–Crippen LogP) is 2.66. The Morgan fingerprint density at radius 3 is 2.87 bits per heavy atom. The second-order valence-electron chi connectivity index (χ2n) is 4.72. The van der Waals surface area contributed by atoms with Crippen molar-refractivity contribution in [2.45, 2.75) is 25.3 Å². The van der Waals surface area contributed by atoms with E-state index in [1.165, 1.54) is 6.42 Å². The summed E-state index contributed by atoms with van der Waals surface area (Å²) in [6.45, 7) is 5.65. The molecule has 1 aromatic heterocycles. The maximum atomic E-state index is 4.20. The van der Waals surface area contributed by atoms with E-state index in [1.807, 2.05) is 12.3 Å². The van der Waals surface area contributed by atoms with Crippen LogP contribution in [0, 0.1) is 11.3 Å². The van der Waals surface area contributed by atoms with Crippen LogP contribution in [0.5, 0.6) is 0 Å². The van der Waals surface area contributed by atoms with Crippen molar-refractivity contribution in [3.63, 3.8) is 0 Å². The van der Waals surface area contributed by atoms with Crippen LogP contribution in [0.3, 0.4) is 0 Å². The zero-order valence-corrected chi connectivity index (χ0v) is 10.3. The molecular formula is C11H17N3S. The van der Waals surface area contributed by atoms with Crippen molar-refractivity contribution >= 4 is 17.6 Å². The van der Waals surface area contributed by atoms with E-state index in [0.717, 1.165) is 23.3 Å². The van der Waals surface area contributed by atoms with Gasteiger partial charge in [-0.2, -0.15) is 0 Å². The molecule has 0 amide bonds. The lowest BCUT2D eigenvalue weighted by Crippen LogP contribution is -2.08. The highest BCUT2D eigenvalue weighted by molar-refractivity contribution is 7.98. The molecule has 0 radical (unpaired) electrons. The summed E-state index contributed by atoms with van der Waals surface area (Å²) in [5.74, 6) is 1.74. The molecule has 1 aliphatic rings. The summed E-state index contributed by atoms with van der Waals surface area (Å²) in [6, 6.07) is 2.00. The molecule has 1 atom stereocenters. The standard InChI is InChI=1S/C11H17N3S/c1-11(2)5-8(11)6-12-9-4-10(15-3)14-7-13-9/h4,7-8H,5-6H2,1-3H3,(H,12,13,14). The fourth-order valence-electron chi connectivity index (χ4n) is 1.70. The quantitative estimate of drug-likeness (QED) is 0.629. The maximum Gasteiger partial charge on any atom is 0.130 e. The first-order valence-electron chi connectivity index (χ1n) is 5.22. The topological polar surface area (TPSA) is 37.8 Å². The molecule has 0 saturated heterocycles. The van der Waals surface area contributed by atoms with Gasteiger partial charge in [0, 0.05) is 12.6 Å². The van der Waals surface area contributed by atoms with Gasteiger partial charge in [-0.05, 0) is 24.0 Å². The molecule has 3 nitrogen and oxygen atoms in total. The Bertz CT molecular complexity index is 351. The largest absolute Gasteiger partial charge is 0.370 e. The van der Waals surface area contributed by atoms with Gasteiger partial charge >= 0.3 is 0 Å². The van der Waals surface area contributed by atoms with E-state index >= 15 is 0 Å². The Morgan fingerprint density at radius 1 is 1.53 bits per heavy atom. The summed E-state index contributed by atoms with van der Waals surface area (Å²) in [6.07, 6.45) is 4.96. The Labute approximate surface area is 95.1 Å². The number of hydrogen-bond donors (Lipinski definition) is 1. The van der Waals surface area contributed by atoms with Crippen molar-refractivity contribution in [3.8, 4) is 0 Å². The molecular weight excluding hydrogens is 206 g/mol. The minimum Gasteiger partial charge on any atom is -0.370 e. The van der Waals surface area contributed by atoms with E-state index in [4.69, 9.17) is 0 Å². The van der Waals surface area contributed by atoms with Crippen LogP contribution in [0.2, 0.25) is 0 Å². The SMILES string of the molecule is CSc1cc(NCC2CC2(C)C)ncn1. The number of thioether (sulfide) groups is 1. The molecule has 4 heteroatoms. The zero-order chi connectivity index (χ0) is 10.9. The van der Waals surface area contributed by atoms with Gasteiger partial charge in [0.15, 0.2) is 0 Å². The molecule has 1 saturated carbocycles. The number of hydrogen-bond acceptors (Lipinski definition) is 4. The lowest BCUT2D eigenvalue weighted by molar-refractivity contribution is 0.572. The number of nitrogens with zero attached hydrogens (tertiary/aromatic N) is 2. The summed E-state index contributed by atoms with van der Waals surface area (Å²) >= 11 is 1.64. The summed E-state index contributed by atoms with van der Waals surface area (Å²) in [5.41, 5.74) is 0.530. The highest BCUT2D eigenvalue weighted by Gasteiger charge is 2.44. The van der Waals surface area contributed by atoms with Crippen molar-refractivity contribution < 1.29 is 0 Å². The van der Waals surface area contributed by atoms with Gasteiger partial charge in [0.1, 0.15) is 17.2 Å². The van der Waals surface area contributed by atoms with Crippen molar-refractivity contribution in [1.29, 1.82) is 0 Å². The number of aromatic nitrogens is 2. The zero-order valence-electron chi connectivity index (χ0n) is 9.45. The molecule has 1 heterocycles. The summed E-state index contributed by atoms with van der Waals surface area (Å²) in [5, 5.41) is 4.39. The van der Waals surface area contributed by atoms with Crippen LogP contribution in [-0.4, -0.2) is 22.8 Å². The molecule has 1 aromatic rings. The van der Waals surface area contributed by atoms with Gasteiger partial charge in [0.05, 0.1) is 0 Å². The third-order valence-electron chi connectivity index (χ3n) is 3.10. The van der Waals surface area contributed by atoms with E-state index < -0.39 is 0 Å². The second-order valence-corrected chi connectivity index (χ2v) is 5.54. The molecule has 0 spiro atoms. The van der Waals surface area contributed by atoms with Crippen LogP contribution < -0.4 is 5.32 Å². The van der Waals surface area contributed by atoms with Gasteiger partial charge in [-0.1, -0.05) is 13.8 Å². The first-order chi connectivity index (χ1) is 7.12. The van der Waals surface area contributed by atoms with Gasteiger partial charge in [-0.3, -0.25) is 0 Å². The number of nitrogens with one attached hydrogen (secondary N) is 1. The normalized spacial score (nSPS) is 22.5. The van der Waals surface area contributed by atoms with Crippen molar-refractivity contribution in [2.75, 3.05) is 18.1 Å². The van der Waals surface area contributed by atoms with Gasteiger partial charge in [-0.25, -0.2) is 9.97 Å². The Kier molecular flexibility index (Phi) is 2.87. The molecule has 0 aromatic carbocycles. The second kappa shape index (κ2) is 4.00. The first kappa shape index (κ1) is 10.7. The van der Waals surface area contributed by atoms with Crippen LogP contribution in [-0.2, 0) is 0 Å². The molecule has 1 fully saturated rings.